The van der Waals surface area contributed by atoms with E-state index >= 15 is 0 Å². The molecular formula is C8H16OS. The molecule has 0 radical (unpaired) electrons. The van der Waals surface area contributed by atoms with Crippen molar-refractivity contribution in [3.63, 3.8) is 0 Å². The minimum atomic E-state index is 0.427. The zero-order valence-electron chi connectivity index (χ0n) is 7.13. The number of hydrogen-bond acceptors (Lipinski definition) is 2. The molecule has 1 aliphatic heterocycles. The Morgan fingerprint density at radius 2 is 1.30 bits per heavy atom. The predicted molar refractivity (Wildman–Crippen MR) is 46.5 cm³/mol. The van der Waals surface area contributed by atoms with Crippen molar-refractivity contribution in [2.75, 3.05) is 0 Å². The molecule has 0 aromatic rings. The quantitative estimate of drug-likeness (QED) is 0.538. The summed E-state index contributed by atoms with van der Waals surface area (Å²) >= 11 is 2.03. The smallest absolute Gasteiger partial charge is 0.0667 e. The first-order valence-corrected chi connectivity index (χ1v) is 4.86. The minimum absolute atomic E-state index is 0.427. The van der Waals surface area contributed by atoms with Gasteiger partial charge in [-0.2, -0.15) is 11.8 Å². The third kappa shape index (κ3) is 1.67. The molecule has 0 aliphatic carbocycles. The summed E-state index contributed by atoms with van der Waals surface area (Å²) < 4.78 is 5.69. The van der Waals surface area contributed by atoms with Crippen molar-refractivity contribution in [1.82, 2.24) is 0 Å². The highest BCUT2D eigenvalue weighted by Crippen LogP contribution is 2.31. The second kappa shape index (κ2) is 3.14. The van der Waals surface area contributed by atoms with E-state index in [9.17, 15) is 0 Å². The van der Waals surface area contributed by atoms with E-state index in [4.69, 9.17) is 4.74 Å². The second-order valence-corrected chi connectivity index (χ2v) is 4.85. The zero-order valence-corrected chi connectivity index (χ0v) is 7.94. The van der Waals surface area contributed by atoms with Crippen molar-refractivity contribution in [2.45, 2.75) is 50.4 Å². The standard InChI is InChI=1S/C8H16OS/c1-5-7(3)10-8(4)6(2)9-5/h5-8H,1-4H3. The average molecular weight is 160 g/mol. The third-order valence-corrected chi connectivity index (χ3v) is 3.81. The maximum Gasteiger partial charge on any atom is 0.0667 e. The Bertz CT molecular complexity index is 89.8. The summed E-state index contributed by atoms with van der Waals surface area (Å²) in [7, 11) is 0. The van der Waals surface area contributed by atoms with Crippen LogP contribution in [0.5, 0.6) is 0 Å². The first kappa shape index (κ1) is 8.41. The van der Waals surface area contributed by atoms with Gasteiger partial charge in [0.2, 0.25) is 0 Å². The first-order chi connectivity index (χ1) is 4.61. The minimum Gasteiger partial charge on any atom is -0.373 e. The third-order valence-electron chi connectivity index (χ3n) is 2.18. The molecular weight excluding hydrogens is 144 g/mol. The molecule has 0 aromatic carbocycles. The molecule has 4 unspecified atom stereocenters. The molecule has 1 nitrogen and oxygen atoms in total. The Hall–Kier alpha value is 0.310. The van der Waals surface area contributed by atoms with E-state index in [-0.39, 0.29) is 0 Å². The van der Waals surface area contributed by atoms with Gasteiger partial charge in [-0.1, -0.05) is 13.8 Å². The van der Waals surface area contributed by atoms with Crippen LogP contribution >= 0.6 is 11.8 Å². The Morgan fingerprint density at radius 3 is 1.60 bits per heavy atom. The van der Waals surface area contributed by atoms with Gasteiger partial charge in [0.15, 0.2) is 0 Å². The molecule has 1 aliphatic rings. The lowest BCUT2D eigenvalue weighted by Gasteiger charge is -2.35. The van der Waals surface area contributed by atoms with Crippen LogP contribution in [0.25, 0.3) is 0 Å². The normalized spacial score (nSPS) is 49.2. The van der Waals surface area contributed by atoms with Crippen molar-refractivity contribution in [1.29, 1.82) is 0 Å². The predicted octanol–water partition coefficient (Wildman–Crippen LogP) is 2.30. The van der Waals surface area contributed by atoms with Crippen LogP contribution in [0.15, 0.2) is 0 Å². The van der Waals surface area contributed by atoms with Gasteiger partial charge in [0.1, 0.15) is 0 Å². The number of hydrogen-bond donors (Lipinski definition) is 0. The topological polar surface area (TPSA) is 9.23 Å². The monoisotopic (exact) mass is 160 g/mol. The largest absolute Gasteiger partial charge is 0.373 e. The molecule has 60 valence electrons. The van der Waals surface area contributed by atoms with Gasteiger partial charge in [-0.15, -0.1) is 0 Å². The second-order valence-electron chi connectivity index (χ2n) is 3.09. The van der Waals surface area contributed by atoms with Gasteiger partial charge in [-0.05, 0) is 13.8 Å². The molecule has 1 saturated heterocycles. The fourth-order valence-corrected chi connectivity index (χ4v) is 2.37. The van der Waals surface area contributed by atoms with Crippen molar-refractivity contribution < 1.29 is 4.74 Å². The lowest BCUT2D eigenvalue weighted by Crippen LogP contribution is -2.37. The average Bonchev–Trinajstić information content (AvgIpc) is 1.84. The summed E-state index contributed by atoms with van der Waals surface area (Å²) in [4.78, 5) is 0. The van der Waals surface area contributed by atoms with Crippen LogP contribution in [0.1, 0.15) is 27.7 Å². The van der Waals surface area contributed by atoms with Gasteiger partial charge >= 0.3 is 0 Å². The van der Waals surface area contributed by atoms with Gasteiger partial charge in [0.05, 0.1) is 12.2 Å². The summed E-state index contributed by atoms with van der Waals surface area (Å²) in [6.45, 7) is 8.77. The highest BCUT2D eigenvalue weighted by molar-refractivity contribution is 8.00. The van der Waals surface area contributed by atoms with Crippen LogP contribution in [-0.4, -0.2) is 22.7 Å². The van der Waals surface area contributed by atoms with Crippen LogP contribution in [0.2, 0.25) is 0 Å². The Morgan fingerprint density at radius 1 is 0.900 bits per heavy atom. The van der Waals surface area contributed by atoms with E-state index in [1.54, 1.807) is 0 Å². The van der Waals surface area contributed by atoms with Crippen LogP contribution in [0, 0.1) is 0 Å². The number of ether oxygens (including phenoxy) is 1. The van der Waals surface area contributed by atoms with Crippen molar-refractivity contribution in [2.24, 2.45) is 0 Å². The number of thioether (sulfide) groups is 1. The SMILES string of the molecule is CC1OC(C)C(C)SC1C. The molecule has 10 heavy (non-hydrogen) atoms. The van der Waals surface area contributed by atoms with Crippen LogP contribution < -0.4 is 0 Å². The maximum absolute atomic E-state index is 5.69. The van der Waals surface area contributed by atoms with Crippen molar-refractivity contribution in [3.8, 4) is 0 Å². The molecule has 0 amide bonds. The molecule has 2 heteroatoms. The Balaban J connectivity index is 2.46. The molecule has 1 heterocycles. The van der Waals surface area contributed by atoms with Crippen LogP contribution in [-0.2, 0) is 4.74 Å². The van der Waals surface area contributed by atoms with Crippen LogP contribution in [0.3, 0.4) is 0 Å². The van der Waals surface area contributed by atoms with E-state index in [1.807, 2.05) is 11.8 Å². The molecule has 1 fully saturated rings. The summed E-state index contributed by atoms with van der Waals surface area (Å²) in [5.41, 5.74) is 0. The van der Waals surface area contributed by atoms with Crippen molar-refractivity contribution >= 4 is 11.8 Å². The van der Waals surface area contributed by atoms with Gasteiger partial charge < -0.3 is 4.74 Å². The summed E-state index contributed by atoms with van der Waals surface area (Å²) in [6, 6.07) is 0. The summed E-state index contributed by atoms with van der Waals surface area (Å²) in [5.74, 6) is 0. The molecule has 0 spiro atoms. The lowest BCUT2D eigenvalue weighted by molar-refractivity contribution is 0.00249. The van der Waals surface area contributed by atoms with Gasteiger partial charge in [-0.3, -0.25) is 0 Å². The van der Waals surface area contributed by atoms with Gasteiger partial charge in [-0.25, -0.2) is 0 Å². The fraction of sp³-hybridized carbons (Fsp3) is 1.00. The van der Waals surface area contributed by atoms with Gasteiger partial charge in [0.25, 0.3) is 0 Å². The Labute approximate surface area is 67.5 Å². The molecule has 0 N–H and O–H groups in total. The molecule has 0 saturated carbocycles. The van der Waals surface area contributed by atoms with E-state index in [0.717, 1.165) is 0 Å². The molecule has 1 rings (SSSR count). The first-order valence-electron chi connectivity index (χ1n) is 3.92. The lowest BCUT2D eigenvalue weighted by atomic mass is 10.2. The summed E-state index contributed by atoms with van der Waals surface area (Å²) in [6.07, 6.45) is 0.854. The number of rotatable bonds is 0. The van der Waals surface area contributed by atoms with E-state index in [1.165, 1.54) is 0 Å². The van der Waals surface area contributed by atoms with Crippen molar-refractivity contribution in [3.05, 3.63) is 0 Å². The fourth-order valence-electron chi connectivity index (χ4n) is 1.12. The highest BCUT2D eigenvalue weighted by Gasteiger charge is 2.28. The van der Waals surface area contributed by atoms with Gasteiger partial charge in [0, 0.05) is 10.5 Å². The van der Waals surface area contributed by atoms with E-state index < -0.39 is 0 Å². The maximum atomic E-state index is 5.69. The van der Waals surface area contributed by atoms with Crippen LogP contribution in [0.4, 0.5) is 0 Å². The van der Waals surface area contributed by atoms with E-state index in [0.29, 0.717) is 22.7 Å². The highest BCUT2D eigenvalue weighted by atomic mass is 32.2. The molecule has 0 bridgehead atoms. The summed E-state index contributed by atoms with van der Waals surface area (Å²) in [5, 5.41) is 1.32. The van der Waals surface area contributed by atoms with E-state index in [2.05, 4.69) is 27.7 Å². The molecule has 4 atom stereocenters. The molecule has 0 aromatic heterocycles. The Kier molecular flexibility index (Phi) is 2.64. The zero-order chi connectivity index (χ0) is 7.72.